The number of aromatic nitrogens is 2. The molecule has 0 spiro atoms. The maximum absolute atomic E-state index is 12.7. The first kappa shape index (κ1) is 16.3. The zero-order valence-electron chi connectivity index (χ0n) is 14.6. The third kappa shape index (κ3) is 3.60. The summed E-state index contributed by atoms with van der Waals surface area (Å²) < 4.78 is 6.04. The zero-order chi connectivity index (χ0) is 17.1. The van der Waals surface area contributed by atoms with Crippen LogP contribution < -0.4 is 0 Å². The highest BCUT2D eigenvalue weighted by Crippen LogP contribution is 2.34. The van der Waals surface area contributed by atoms with Gasteiger partial charge in [-0.2, -0.15) is 0 Å². The van der Waals surface area contributed by atoms with Crippen LogP contribution in [-0.2, 0) is 0 Å². The van der Waals surface area contributed by atoms with Gasteiger partial charge < -0.3 is 9.32 Å². The Morgan fingerprint density at radius 3 is 2.36 bits per heavy atom. The van der Waals surface area contributed by atoms with Crippen LogP contribution in [-0.4, -0.2) is 34.1 Å². The van der Waals surface area contributed by atoms with Crippen molar-refractivity contribution in [3.05, 3.63) is 47.7 Å². The molecule has 1 unspecified atom stereocenters. The number of hydrogen-bond donors (Lipinski definition) is 0. The molecular formula is C20H25N3O2. The molecule has 132 valence electrons. The van der Waals surface area contributed by atoms with Crippen LogP contribution in [0.25, 0.3) is 0 Å². The number of amides is 1. The van der Waals surface area contributed by atoms with Crippen LogP contribution in [0.2, 0.25) is 0 Å². The van der Waals surface area contributed by atoms with E-state index in [1.165, 1.54) is 19.3 Å². The molecule has 0 N–H and O–H groups in total. The molecule has 1 saturated carbocycles. The van der Waals surface area contributed by atoms with Gasteiger partial charge in [-0.25, -0.2) is 0 Å². The molecule has 1 amide bonds. The second-order valence-corrected chi connectivity index (χ2v) is 7.27. The van der Waals surface area contributed by atoms with Crippen molar-refractivity contribution >= 4 is 5.91 Å². The van der Waals surface area contributed by atoms with E-state index in [1.54, 1.807) is 0 Å². The fourth-order valence-electron chi connectivity index (χ4n) is 4.05. The molecular weight excluding hydrogens is 314 g/mol. The van der Waals surface area contributed by atoms with Crippen LogP contribution in [0.3, 0.4) is 0 Å². The Hall–Kier alpha value is -2.17. The van der Waals surface area contributed by atoms with E-state index in [4.69, 9.17) is 4.42 Å². The van der Waals surface area contributed by atoms with Crippen LogP contribution >= 0.6 is 0 Å². The topological polar surface area (TPSA) is 59.2 Å². The lowest BCUT2D eigenvalue weighted by Crippen LogP contribution is -2.39. The molecule has 0 radical (unpaired) electrons. The van der Waals surface area contributed by atoms with Crippen molar-refractivity contribution < 1.29 is 9.21 Å². The van der Waals surface area contributed by atoms with Crippen molar-refractivity contribution in [2.45, 2.75) is 56.8 Å². The highest BCUT2D eigenvalue weighted by Gasteiger charge is 2.30. The Morgan fingerprint density at radius 2 is 1.60 bits per heavy atom. The van der Waals surface area contributed by atoms with Gasteiger partial charge in [0, 0.05) is 24.6 Å². The third-order valence-electron chi connectivity index (χ3n) is 5.49. The van der Waals surface area contributed by atoms with E-state index in [1.807, 2.05) is 35.2 Å². The molecule has 4 rings (SSSR count). The number of hydrogen-bond acceptors (Lipinski definition) is 4. The Bertz CT molecular complexity index is 707. The SMILES string of the molecule is O=C(c1ccccc1)N1CCCC(c2nnc(C3CCCCC3)o2)C1. The Labute approximate surface area is 148 Å². The highest BCUT2D eigenvalue weighted by atomic mass is 16.4. The standard InChI is InChI=1S/C20H25N3O2/c24-20(16-10-5-2-6-11-16)23-13-7-12-17(14-23)19-22-21-18(25-19)15-8-3-1-4-9-15/h2,5-6,10-11,15,17H,1,3-4,7-9,12-14H2. The predicted octanol–water partition coefficient (Wildman–Crippen LogP) is 4.14. The lowest BCUT2D eigenvalue weighted by molar-refractivity contribution is 0.0697. The largest absolute Gasteiger partial charge is 0.425 e. The summed E-state index contributed by atoms with van der Waals surface area (Å²) in [6.07, 6.45) is 8.12. The summed E-state index contributed by atoms with van der Waals surface area (Å²) >= 11 is 0. The minimum absolute atomic E-state index is 0.0947. The fraction of sp³-hybridized carbons (Fsp3) is 0.550. The van der Waals surface area contributed by atoms with Crippen molar-refractivity contribution in [2.24, 2.45) is 0 Å². The lowest BCUT2D eigenvalue weighted by atomic mass is 9.89. The number of carbonyl (C=O) groups is 1. The first-order valence-electron chi connectivity index (χ1n) is 9.49. The number of carbonyl (C=O) groups excluding carboxylic acids is 1. The molecule has 1 aromatic heterocycles. The highest BCUT2D eigenvalue weighted by molar-refractivity contribution is 5.94. The monoisotopic (exact) mass is 339 g/mol. The van der Waals surface area contributed by atoms with Gasteiger partial charge >= 0.3 is 0 Å². The van der Waals surface area contributed by atoms with Crippen LogP contribution in [0.1, 0.15) is 78.9 Å². The van der Waals surface area contributed by atoms with Crippen molar-refractivity contribution in [3.63, 3.8) is 0 Å². The molecule has 1 aliphatic heterocycles. The van der Waals surface area contributed by atoms with Gasteiger partial charge in [0.15, 0.2) is 0 Å². The van der Waals surface area contributed by atoms with E-state index >= 15 is 0 Å². The van der Waals surface area contributed by atoms with Crippen LogP contribution in [0.5, 0.6) is 0 Å². The summed E-state index contributed by atoms with van der Waals surface area (Å²) in [6, 6.07) is 9.49. The van der Waals surface area contributed by atoms with Crippen molar-refractivity contribution in [1.29, 1.82) is 0 Å². The first-order chi connectivity index (χ1) is 12.3. The number of likely N-dealkylation sites (tertiary alicyclic amines) is 1. The van der Waals surface area contributed by atoms with Crippen molar-refractivity contribution in [2.75, 3.05) is 13.1 Å². The van der Waals surface area contributed by atoms with Crippen molar-refractivity contribution in [1.82, 2.24) is 15.1 Å². The molecule has 1 saturated heterocycles. The van der Waals surface area contributed by atoms with E-state index < -0.39 is 0 Å². The van der Waals surface area contributed by atoms with Crippen molar-refractivity contribution in [3.8, 4) is 0 Å². The molecule has 1 atom stereocenters. The summed E-state index contributed by atoms with van der Waals surface area (Å²) in [5.74, 6) is 2.21. The van der Waals surface area contributed by atoms with Gasteiger partial charge in [-0.3, -0.25) is 4.79 Å². The van der Waals surface area contributed by atoms with E-state index in [9.17, 15) is 4.79 Å². The maximum Gasteiger partial charge on any atom is 0.253 e. The normalized spacial score (nSPS) is 22.1. The molecule has 25 heavy (non-hydrogen) atoms. The molecule has 1 aliphatic carbocycles. The maximum atomic E-state index is 12.7. The quantitative estimate of drug-likeness (QED) is 0.843. The molecule has 0 bridgehead atoms. The second kappa shape index (κ2) is 7.38. The summed E-state index contributed by atoms with van der Waals surface area (Å²) in [7, 11) is 0. The number of benzene rings is 1. The third-order valence-corrected chi connectivity index (χ3v) is 5.49. The van der Waals surface area contributed by atoms with Gasteiger partial charge in [-0.1, -0.05) is 37.5 Å². The summed E-state index contributed by atoms with van der Waals surface area (Å²) in [6.45, 7) is 1.47. The summed E-state index contributed by atoms with van der Waals surface area (Å²) in [4.78, 5) is 14.6. The Morgan fingerprint density at radius 1 is 0.920 bits per heavy atom. The predicted molar refractivity (Wildman–Crippen MR) is 94.4 cm³/mol. The molecule has 2 fully saturated rings. The lowest BCUT2D eigenvalue weighted by Gasteiger charge is -2.31. The Balaban J connectivity index is 1.44. The number of nitrogens with zero attached hydrogens (tertiary/aromatic N) is 3. The molecule has 2 heterocycles. The minimum Gasteiger partial charge on any atom is -0.425 e. The summed E-state index contributed by atoms with van der Waals surface area (Å²) in [5.41, 5.74) is 0.747. The second-order valence-electron chi connectivity index (χ2n) is 7.27. The molecule has 5 nitrogen and oxygen atoms in total. The molecule has 5 heteroatoms. The average molecular weight is 339 g/mol. The zero-order valence-corrected chi connectivity index (χ0v) is 14.6. The van der Waals surface area contributed by atoms with Gasteiger partial charge in [0.25, 0.3) is 5.91 Å². The fourth-order valence-corrected chi connectivity index (χ4v) is 4.05. The van der Waals surface area contributed by atoms with E-state index in [0.717, 1.165) is 43.7 Å². The van der Waals surface area contributed by atoms with Crippen LogP contribution in [0, 0.1) is 0 Å². The molecule has 1 aromatic carbocycles. The number of piperidine rings is 1. The van der Waals surface area contributed by atoms with Gasteiger partial charge in [0.1, 0.15) is 0 Å². The molecule has 2 aliphatic rings. The first-order valence-corrected chi connectivity index (χ1v) is 9.49. The smallest absolute Gasteiger partial charge is 0.253 e. The van der Waals surface area contributed by atoms with Gasteiger partial charge in [0.2, 0.25) is 11.8 Å². The summed E-state index contributed by atoms with van der Waals surface area (Å²) in [5, 5.41) is 8.65. The van der Waals surface area contributed by atoms with Gasteiger partial charge in [-0.05, 0) is 37.8 Å². The van der Waals surface area contributed by atoms with Crippen LogP contribution in [0.4, 0.5) is 0 Å². The van der Waals surface area contributed by atoms with E-state index in [0.29, 0.717) is 18.4 Å². The Kier molecular flexibility index (Phi) is 4.81. The van der Waals surface area contributed by atoms with Gasteiger partial charge in [0.05, 0.1) is 5.92 Å². The van der Waals surface area contributed by atoms with Gasteiger partial charge in [-0.15, -0.1) is 10.2 Å². The van der Waals surface area contributed by atoms with Crippen LogP contribution in [0.15, 0.2) is 34.7 Å². The van der Waals surface area contributed by atoms with E-state index in [-0.39, 0.29) is 11.8 Å². The van der Waals surface area contributed by atoms with E-state index in [2.05, 4.69) is 10.2 Å². The average Bonchev–Trinajstić information content (AvgIpc) is 3.19. The minimum atomic E-state index is 0.0947. The molecule has 2 aromatic rings. The number of rotatable bonds is 3.